The Labute approximate surface area is 156 Å². The summed E-state index contributed by atoms with van der Waals surface area (Å²) in [5.74, 6) is 0.0752. The maximum absolute atomic E-state index is 12.8. The Morgan fingerprint density at radius 1 is 1.28 bits per heavy atom. The SMILES string of the molecule is CNCC1CCCN1C(=O)C1CC(=O)N(Cc2ccc(C)cc2)C1.Cl. The number of nitrogens with zero attached hydrogens (tertiary/aromatic N) is 2. The summed E-state index contributed by atoms with van der Waals surface area (Å²) in [5.41, 5.74) is 2.33. The molecule has 138 valence electrons. The first kappa shape index (κ1) is 19.7. The zero-order chi connectivity index (χ0) is 17.1. The number of hydrogen-bond acceptors (Lipinski definition) is 3. The molecule has 1 aromatic carbocycles. The number of rotatable bonds is 5. The molecule has 0 spiro atoms. The van der Waals surface area contributed by atoms with Crippen LogP contribution in [0.2, 0.25) is 0 Å². The number of carbonyl (C=O) groups excluding carboxylic acids is 2. The van der Waals surface area contributed by atoms with E-state index in [0.717, 1.165) is 31.5 Å². The van der Waals surface area contributed by atoms with Crippen LogP contribution >= 0.6 is 12.4 Å². The van der Waals surface area contributed by atoms with Crippen molar-refractivity contribution < 1.29 is 9.59 Å². The Kier molecular flexibility index (Phi) is 6.85. The van der Waals surface area contributed by atoms with Crippen molar-refractivity contribution in [2.45, 2.75) is 38.8 Å². The van der Waals surface area contributed by atoms with Crippen LogP contribution in [-0.4, -0.2) is 54.3 Å². The molecule has 2 atom stereocenters. The highest BCUT2D eigenvalue weighted by molar-refractivity contribution is 5.89. The van der Waals surface area contributed by atoms with Gasteiger partial charge in [0, 0.05) is 38.6 Å². The van der Waals surface area contributed by atoms with Crippen molar-refractivity contribution in [2.75, 3.05) is 26.7 Å². The monoisotopic (exact) mass is 365 g/mol. The molecule has 0 aliphatic carbocycles. The topological polar surface area (TPSA) is 52.7 Å². The predicted octanol–water partition coefficient (Wildman–Crippen LogP) is 1.98. The van der Waals surface area contributed by atoms with Crippen molar-refractivity contribution >= 4 is 24.2 Å². The van der Waals surface area contributed by atoms with E-state index < -0.39 is 0 Å². The van der Waals surface area contributed by atoms with E-state index in [1.165, 1.54) is 5.56 Å². The van der Waals surface area contributed by atoms with Crippen LogP contribution in [0.5, 0.6) is 0 Å². The Morgan fingerprint density at radius 3 is 2.68 bits per heavy atom. The van der Waals surface area contributed by atoms with Gasteiger partial charge in [-0.2, -0.15) is 0 Å². The van der Waals surface area contributed by atoms with Gasteiger partial charge in [-0.25, -0.2) is 0 Å². The lowest BCUT2D eigenvalue weighted by Crippen LogP contribution is -2.44. The molecule has 2 unspecified atom stereocenters. The molecule has 2 amide bonds. The molecule has 5 nitrogen and oxygen atoms in total. The molecule has 0 aromatic heterocycles. The average Bonchev–Trinajstić information content (AvgIpc) is 3.17. The standard InChI is InChI=1S/C19H27N3O2.ClH/c1-14-5-7-15(8-6-14)12-21-13-16(10-18(21)23)19(24)22-9-3-4-17(22)11-20-2;/h5-8,16-17,20H,3-4,9-13H2,1-2H3;1H. The van der Waals surface area contributed by atoms with Gasteiger partial charge < -0.3 is 15.1 Å². The zero-order valence-corrected chi connectivity index (χ0v) is 15.8. The van der Waals surface area contributed by atoms with E-state index >= 15 is 0 Å². The van der Waals surface area contributed by atoms with Gasteiger partial charge in [-0.3, -0.25) is 9.59 Å². The van der Waals surface area contributed by atoms with Gasteiger partial charge in [0.15, 0.2) is 0 Å². The minimum Gasteiger partial charge on any atom is -0.338 e. The van der Waals surface area contributed by atoms with E-state index in [0.29, 0.717) is 19.5 Å². The van der Waals surface area contributed by atoms with E-state index in [9.17, 15) is 9.59 Å². The largest absolute Gasteiger partial charge is 0.338 e. The number of likely N-dealkylation sites (N-methyl/N-ethyl adjacent to an activating group) is 1. The van der Waals surface area contributed by atoms with Crippen LogP contribution in [0.3, 0.4) is 0 Å². The Bertz CT molecular complexity index is 605. The van der Waals surface area contributed by atoms with Crippen LogP contribution in [0.1, 0.15) is 30.4 Å². The van der Waals surface area contributed by atoms with Crippen LogP contribution in [0.25, 0.3) is 0 Å². The highest BCUT2D eigenvalue weighted by Gasteiger charge is 2.39. The lowest BCUT2D eigenvalue weighted by atomic mass is 10.1. The summed E-state index contributed by atoms with van der Waals surface area (Å²) in [4.78, 5) is 29.0. The maximum atomic E-state index is 12.8. The highest BCUT2D eigenvalue weighted by Crippen LogP contribution is 2.26. The summed E-state index contributed by atoms with van der Waals surface area (Å²) in [6, 6.07) is 8.52. The number of likely N-dealkylation sites (tertiary alicyclic amines) is 2. The second-order valence-electron chi connectivity index (χ2n) is 7.05. The third kappa shape index (κ3) is 4.53. The molecule has 3 rings (SSSR count). The van der Waals surface area contributed by atoms with Gasteiger partial charge in [0.1, 0.15) is 0 Å². The quantitative estimate of drug-likeness (QED) is 0.868. The van der Waals surface area contributed by atoms with Crippen molar-refractivity contribution in [1.29, 1.82) is 0 Å². The van der Waals surface area contributed by atoms with Gasteiger partial charge in [-0.1, -0.05) is 29.8 Å². The Hall–Kier alpha value is -1.59. The maximum Gasteiger partial charge on any atom is 0.228 e. The highest BCUT2D eigenvalue weighted by atomic mass is 35.5. The first-order valence-corrected chi connectivity index (χ1v) is 8.87. The summed E-state index contributed by atoms with van der Waals surface area (Å²) in [5, 5.41) is 3.17. The first-order valence-electron chi connectivity index (χ1n) is 8.87. The van der Waals surface area contributed by atoms with Crippen molar-refractivity contribution in [1.82, 2.24) is 15.1 Å². The third-order valence-corrected chi connectivity index (χ3v) is 5.16. The van der Waals surface area contributed by atoms with Gasteiger partial charge in [0.2, 0.25) is 11.8 Å². The number of carbonyl (C=O) groups is 2. The minimum absolute atomic E-state index is 0. The van der Waals surface area contributed by atoms with E-state index in [-0.39, 0.29) is 36.2 Å². The Morgan fingerprint density at radius 2 is 2.00 bits per heavy atom. The molecular formula is C19H28ClN3O2. The molecule has 2 heterocycles. The lowest BCUT2D eigenvalue weighted by molar-refractivity contribution is -0.136. The summed E-state index contributed by atoms with van der Waals surface area (Å²) in [6.45, 7) is 4.86. The summed E-state index contributed by atoms with van der Waals surface area (Å²) in [6.07, 6.45) is 2.47. The van der Waals surface area contributed by atoms with Crippen molar-refractivity contribution in [3.63, 3.8) is 0 Å². The van der Waals surface area contributed by atoms with Crippen molar-refractivity contribution in [3.05, 3.63) is 35.4 Å². The fraction of sp³-hybridized carbons (Fsp3) is 0.579. The molecule has 1 aromatic rings. The molecule has 2 saturated heterocycles. The second-order valence-corrected chi connectivity index (χ2v) is 7.05. The van der Waals surface area contributed by atoms with Crippen molar-refractivity contribution in [3.8, 4) is 0 Å². The van der Waals surface area contributed by atoms with E-state index in [1.54, 1.807) is 0 Å². The smallest absolute Gasteiger partial charge is 0.228 e. The molecule has 0 saturated carbocycles. The van der Waals surface area contributed by atoms with Crippen LogP contribution in [0.4, 0.5) is 0 Å². The van der Waals surface area contributed by atoms with Gasteiger partial charge in [0.05, 0.1) is 5.92 Å². The summed E-state index contributed by atoms with van der Waals surface area (Å²) < 4.78 is 0. The number of nitrogens with one attached hydrogen (secondary N) is 1. The van der Waals surface area contributed by atoms with Gasteiger partial charge >= 0.3 is 0 Å². The molecule has 25 heavy (non-hydrogen) atoms. The number of halogens is 1. The fourth-order valence-electron chi connectivity index (χ4n) is 3.81. The molecule has 2 fully saturated rings. The molecule has 0 radical (unpaired) electrons. The predicted molar refractivity (Wildman–Crippen MR) is 101 cm³/mol. The number of amides is 2. The summed E-state index contributed by atoms with van der Waals surface area (Å²) in [7, 11) is 1.92. The second kappa shape index (κ2) is 8.68. The molecule has 2 aliphatic heterocycles. The van der Waals surface area contributed by atoms with E-state index in [1.807, 2.05) is 16.8 Å². The zero-order valence-electron chi connectivity index (χ0n) is 15.0. The summed E-state index contributed by atoms with van der Waals surface area (Å²) >= 11 is 0. The molecule has 1 N–H and O–H groups in total. The van der Waals surface area contributed by atoms with Crippen LogP contribution in [0.15, 0.2) is 24.3 Å². The number of benzene rings is 1. The molecule has 6 heteroatoms. The fourth-order valence-corrected chi connectivity index (χ4v) is 3.81. The normalized spacial score (nSPS) is 23.0. The average molecular weight is 366 g/mol. The molecular weight excluding hydrogens is 338 g/mol. The van der Waals surface area contributed by atoms with E-state index in [2.05, 4.69) is 36.5 Å². The lowest BCUT2D eigenvalue weighted by Gasteiger charge is -2.27. The minimum atomic E-state index is -0.180. The van der Waals surface area contributed by atoms with E-state index in [4.69, 9.17) is 0 Å². The first-order chi connectivity index (χ1) is 11.6. The number of aryl methyl sites for hydroxylation is 1. The van der Waals surface area contributed by atoms with Crippen LogP contribution in [0, 0.1) is 12.8 Å². The molecule has 2 aliphatic rings. The number of hydrogen-bond donors (Lipinski definition) is 1. The van der Waals surface area contributed by atoms with Gasteiger partial charge in [-0.15, -0.1) is 12.4 Å². The third-order valence-electron chi connectivity index (χ3n) is 5.16. The van der Waals surface area contributed by atoms with Gasteiger partial charge in [-0.05, 0) is 32.4 Å². The molecule has 0 bridgehead atoms. The van der Waals surface area contributed by atoms with Gasteiger partial charge in [0.25, 0.3) is 0 Å². The van der Waals surface area contributed by atoms with Crippen LogP contribution in [-0.2, 0) is 16.1 Å². The Balaban J connectivity index is 0.00000225. The van der Waals surface area contributed by atoms with Crippen molar-refractivity contribution in [2.24, 2.45) is 5.92 Å². The van der Waals surface area contributed by atoms with Crippen LogP contribution < -0.4 is 5.32 Å².